The van der Waals surface area contributed by atoms with E-state index in [4.69, 9.17) is 11.5 Å². The van der Waals surface area contributed by atoms with Gasteiger partial charge in [0.2, 0.25) is 5.91 Å². The van der Waals surface area contributed by atoms with Crippen molar-refractivity contribution in [2.45, 2.75) is 0 Å². The van der Waals surface area contributed by atoms with E-state index in [1.807, 2.05) is 24.3 Å². The Morgan fingerprint density at radius 3 is 2.61 bits per heavy atom. The number of amides is 2. The van der Waals surface area contributed by atoms with Crippen LogP contribution in [0.5, 0.6) is 0 Å². The maximum Gasteiger partial charge on any atom is 0.266 e. The number of nitrogens with two attached hydrogens (primary N) is 2. The molecule has 18 heavy (non-hydrogen) atoms. The molecule has 0 saturated heterocycles. The zero-order valence-corrected chi connectivity index (χ0v) is 10.7. The molecule has 6 heteroatoms. The van der Waals surface area contributed by atoms with Crippen molar-refractivity contribution in [2.75, 3.05) is 19.3 Å². The van der Waals surface area contributed by atoms with Crippen LogP contribution >= 0.6 is 11.3 Å². The molecule has 0 unspecified atom stereocenters. The second-order valence-electron chi connectivity index (χ2n) is 3.97. The first-order chi connectivity index (χ1) is 8.50. The molecule has 0 saturated carbocycles. The molecule has 2 aromatic rings. The Bertz CT molecular complexity index is 621. The molecule has 1 heterocycles. The lowest BCUT2D eigenvalue weighted by Crippen LogP contribution is -2.35. The number of rotatable bonds is 3. The van der Waals surface area contributed by atoms with Gasteiger partial charge in [0.05, 0.1) is 12.2 Å². The summed E-state index contributed by atoms with van der Waals surface area (Å²) in [4.78, 5) is 24.6. The third-order valence-corrected chi connectivity index (χ3v) is 3.74. The highest BCUT2D eigenvalue weighted by Crippen LogP contribution is 2.33. The summed E-state index contributed by atoms with van der Waals surface area (Å²) in [7, 11) is 1.52. The molecule has 0 aliphatic rings. The van der Waals surface area contributed by atoms with Crippen molar-refractivity contribution < 1.29 is 9.59 Å². The van der Waals surface area contributed by atoms with Gasteiger partial charge in [0.25, 0.3) is 5.91 Å². The average Bonchev–Trinajstić information content (AvgIpc) is 2.66. The molecule has 0 spiro atoms. The summed E-state index contributed by atoms with van der Waals surface area (Å²) in [6, 6.07) is 7.53. The minimum Gasteiger partial charge on any atom is -0.397 e. The second kappa shape index (κ2) is 4.66. The number of primary amides is 1. The SMILES string of the molecule is CN(CC(N)=O)C(=O)c1sc2ccccc2c1N. The zero-order chi connectivity index (χ0) is 13.3. The molecule has 0 bridgehead atoms. The van der Waals surface area contributed by atoms with E-state index in [9.17, 15) is 9.59 Å². The van der Waals surface area contributed by atoms with Crippen LogP contribution < -0.4 is 11.5 Å². The molecule has 1 aromatic carbocycles. The number of anilines is 1. The monoisotopic (exact) mass is 263 g/mol. The molecule has 0 atom stereocenters. The lowest BCUT2D eigenvalue weighted by molar-refractivity contribution is -0.118. The molecule has 1 aromatic heterocycles. The molecule has 94 valence electrons. The van der Waals surface area contributed by atoms with Gasteiger partial charge in [-0.3, -0.25) is 9.59 Å². The summed E-state index contributed by atoms with van der Waals surface area (Å²) in [6.07, 6.45) is 0. The minimum absolute atomic E-state index is 0.119. The van der Waals surface area contributed by atoms with Crippen molar-refractivity contribution in [1.29, 1.82) is 0 Å². The van der Waals surface area contributed by atoms with Gasteiger partial charge in [-0.25, -0.2) is 0 Å². The van der Waals surface area contributed by atoms with Crippen molar-refractivity contribution in [3.05, 3.63) is 29.1 Å². The van der Waals surface area contributed by atoms with Gasteiger partial charge in [0.15, 0.2) is 0 Å². The molecule has 2 rings (SSSR count). The Kier molecular flexibility index (Phi) is 3.20. The summed E-state index contributed by atoms with van der Waals surface area (Å²) < 4.78 is 0.950. The van der Waals surface area contributed by atoms with E-state index in [1.165, 1.54) is 23.3 Å². The predicted molar refractivity (Wildman–Crippen MR) is 72.4 cm³/mol. The fraction of sp³-hybridized carbons (Fsp3) is 0.167. The summed E-state index contributed by atoms with van der Waals surface area (Å²) in [5.41, 5.74) is 11.5. The van der Waals surface area contributed by atoms with Gasteiger partial charge in [-0.2, -0.15) is 0 Å². The number of benzene rings is 1. The number of nitrogen functional groups attached to an aromatic ring is 1. The number of carbonyl (C=O) groups is 2. The van der Waals surface area contributed by atoms with Crippen LogP contribution in [0, 0.1) is 0 Å². The Labute approximate surface area is 108 Å². The van der Waals surface area contributed by atoms with Crippen molar-refractivity contribution in [3.63, 3.8) is 0 Å². The Morgan fingerprint density at radius 1 is 1.33 bits per heavy atom. The number of hydrogen-bond donors (Lipinski definition) is 2. The fourth-order valence-corrected chi connectivity index (χ4v) is 2.82. The summed E-state index contributed by atoms with van der Waals surface area (Å²) in [6.45, 7) is -0.119. The lowest BCUT2D eigenvalue weighted by atomic mass is 10.2. The van der Waals surface area contributed by atoms with Crippen molar-refractivity contribution >= 4 is 38.9 Å². The van der Waals surface area contributed by atoms with Crippen molar-refractivity contribution in [3.8, 4) is 0 Å². The van der Waals surface area contributed by atoms with E-state index in [0.29, 0.717) is 10.6 Å². The maximum absolute atomic E-state index is 12.1. The van der Waals surface area contributed by atoms with Crippen LogP contribution in [-0.4, -0.2) is 30.3 Å². The van der Waals surface area contributed by atoms with Crippen molar-refractivity contribution in [2.24, 2.45) is 5.73 Å². The standard InChI is InChI=1S/C12H13N3O2S/c1-15(6-9(13)16)12(17)11-10(14)7-4-2-3-5-8(7)18-11/h2-5H,6,14H2,1H3,(H2,13,16). The van der Waals surface area contributed by atoms with E-state index >= 15 is 0 Å². The molecule has 0 aliphatic heterocycles. The average molecular weight is 263 g/mol. The minimum atomic E-state index is -0.550. The summed E-state index contributed by atoms with van der Waals surface area (Å²) >= 11 is 1.32. The highest BCUT2D eigenvalue weighted by atomic mass is 32.1. The lowest BCUT2D eigenvalue weighted by Gasteiger charge is -2.14. The van der Waals surface area contributed by atoms with E-state index in [2.05, 4.69) is 0 Å². The molecule has 2 amide bonds. The van der Waals surface area contributed by atoms with Crippen LogP contribution in [0.3, 0.4) is 0 Å². The number of likely N-dealkylation sites (N-methyl/N-ethyl adjacent to an activating group) is 1. The molecule has 0 radical (unpaired) electrons. The van der Waals surface area contributed by atoms with E-state index in [1.54, 1.807) is 0 Å². The highest BCUT2D eigenvalue weighted by Gasteiger charge is 2.20. The van der Waals surface area contributed by atoms with Gasteiger partial charge in [-0.1, -0.05) is 18.2 Å². The number of nitrogens with zero attached hydrogens (tertiary/aromatic N) is 1. The van der Waals surface area contributed by atoms with Crippen LogP contribution in [-0.2, 0) is 4.79 Å². The molecule has 0 aliphatic carbocycles. The summed E-state index contributed by atoms with van der Waals surface area (Å²) in [5, 5.41) is 0.860. The van der Waals surface area contributed by atoms with Crippen LogP contribution in [0.25, 0.3) is 10.1 Å². The first-order valence-corrected chi connectivity index (χ1v) is 6.13. The van der Waals surface area contributed by atoms with Crippen LogP contribution in [0.1, 0.15) is 9.67 Å². The van der Waals surface area contributed by atoms with Gasteiger partial charge < -0.3 is 16.4 Å². The molecule has 5 nitrogen and oxygen atoms in total. The second-order valence-corrected chi connectivity index (χ2v) is 5.02. The largest absolute Gasteiger partial charge is 0.397 e. The first-order valence-electron chi connectivity index (χ1n) is 5.31. The number of hydrogen-bond acceptors (Lipinski definition) is 4. The van der Waals surface area contributed by atoms with E-state index in [0.717, 1.165) is 10.1 Å². The highest BCUT2D eigenvalue weighted by molar-refractivity contribution is 7.21. The maximum atomic E-state index is 12.1. The number of carbonyl (C=O) groups excluding carboxylic acids is 2. The van der Waals surface area contributed by atoms with Crippen LogP contribution in [0.2, 0.25) is 0 Å². The number of fused-ring (bicyclic) bond motifs is 1. The van der Waals surface area contributed by atoms with Gasteiger partial charge in [0, 0.05) is 17.1 Å². The van der Waals surface area contributed by atoms with E-state index in [-0.39, 0.29) is 12.5 Å². The quantitative estimate of drug-likeness (QED) is 0.867. The summed E-state index contributed by atoms with van der Waals surface area (Å²) in [5.74, 6) is -0.835. The first kappa shape index (κ1) is 12.4. The van der Waals surface area contributed by atoms with Crippen LogP contribution in [0.15, 0.2) is 24.3 Å². The molecular weight excluding hydrogens is 250 g/mol. The zero-order valence-electron chi connectivity index (χ0n) is 9.84. The van der Waals surface area contributed by atoms with Gasteiger partial charge in [0.1, 0.15) is 4.88 Å². The third kappa shape index (κ3) is 2.14. The smallest absolute Gasteiger partial charge is 0.266 e. The number of thiophene rings is 1. The molecular formula is C12H13N3O2S. The molecule has 0 fully saturated rings. The third-order valence-electron chi connectivity index (χ3n) is 2.57. The normalized spacial score (nSPS) is 10.5. The Hall–Kier alpha value is -2.08. The van der Waals surface area contributed by atoms with Crippen molar-refractivity contribution in [1.82, 2.24) is 4.90 Å². The Morgan fingerprint density at radius 2 is 2.00 bits per heavy atom. The molecule has 4 N–H and O–H groups in total. The predicted octanol–water partition coefficient (Wildman–Crippen LogP) is 1.04. The Balaban J connectivity index is 2.39. The van der Waals surface area contributed by atoms with E-state index < -0.39 is 5.91 Å². The topological polar surface area (TPSA) is 89.4 Å². The fourth-order valence-electron chi connectivity index (χ4n) is 1.70. The van der Waals surface area contributed by atoms with Gasteiger partial charge in [-0.15, -0.1) is 11.3 Å². The van der Waals surface area contributed by atoms with Gasteiger partial charge >= 0.3 is 0 Å². The van der Waals surface area contributed by atoms with Crippen LogP contribution in [0.4, 0.5) is 5.69 Å². The van der Waals surface area contributed by atoms with Gasteiger partial charge in [-0.05, 0) is 6.07 Å².